The van der Waals surface area contributed by atoms with Gasteiger partial charge in [0.15, 0.2) is 0 Å². The van der Waals surface area contributed by atoms with Crippen molar-refractivity contribution < 1.29 is 19.1 Å². The minimum atomic E-state index is -0.372. The summed E-state index contributed by atoms with van der Waals surface area (Å²) in [5.74, 6) is -0.450. The summed E-state index contributed by atoms with van der Waals surface area (Å²) in [6, 6.07) is 7.21. The summed E-state index contributed by atoms with van der Waals surface area (Å²) in [5.41, 5.74) is 1.35. The summed E-state index contributed by atoms with van der Waals surface area (Å²) in [7, 11) is 4.76. The third-order valence-electron chi connectivity index (χ3n) is 2.90. The van der Waals surface area contributed by atoms with Crippen LogP contribution in [0.3, 0.4) is 0 Å². The Morgan fingerprint density at radius 2 is 1.95 bits per heavy atom. The van der Waals surface area contributed by atoms with E-state index in [-0.39, 0.29) is 18.4 Å². The molecule has 0 fully saturated rings. The maximum atomic E-state index is 11.7. The van der Waals surface area contributed by atoms with E-state index in [1.165, 1.54) is 7.11 Å². The number of hydrogen-bond donors (Lipinski definition) is 1. The molecule has 1 aromatic rings. The molecule has 0 unspecified atom stereocenters. The van der Waals surface area contributed by atoms with Crippen molar-refractivity contribution in [1.82, 2.24) is 10.2 Å². The third kappa shape index (κ3) is 5.93. The Hall–Kier alpha value is -1.92. The number of benzene rings is 1. The van der Waals surface area contributed by atoms with Gasteiger partial charge in [-0.05, 0) is 18.7 Å². The van der Waals surface area contributed by atoms with Crippen LogP contribution < -0.4 is 5.32 Å². The van der Waals surface area contributed by atoms with Crippen LogP contribution in [0.25, 0.3) is 0 Å². The molecule has 0 aliphatic rings. The van der Waals surface area contributed by atoms with E-state index in [2.05, 4.69) is 5.32 Å². The third-order valence-corrected chi connectivity index (χ3v) is 2.90. The number of amides is 1. The van der Waals surface area contributed by atoms with E-state index in [1.807, 2.05) is 24.1 Å². The molecule has 0 saturated carbocycles. The molecular weight excluding hydrogens is 272 g/mol. The van der Waals surface area contributed by atoms with Crippen molar-refractivity contribution in [3.05, 3.63) is 35.4 Å². The Morgan fingerprint density at radius 1 is 1.24 bits per heavy atom. The first-order valence-corrected chi connectivity index (χ1v) is 6.69. The molecule has 1 aromatic carbocycles. The summed E-state index contributed by atoms with van der Waals surface area (Å²) in [4.78, 5) is 25.2. The van der Waals surface area contributed by atoms with Crippen molar-refractivity contribution in [1.29, 1.82) is 0 Å². The SMILES string of the molecule is COCCNC(=O)CN(C)Cc1ccccc1C(=O)OC. The Bertz CT molecular complexity index is 476. The van der Waals surface area contributed by atoms with E-state index >= 15 is 0 Å². The molecule has 1 rings (SSSR count). The molecule has 6 heteroatoms. The van der Waals surface area contributed by atoms with Crippen LogP contribution in [0.1, 0.15) is 15.9 Å². The van der Waals surface area contributed by atoms with Gasteiger partial charge in [-0.2, -0.15) is 0 Å². The molecule has 0 radical (unpaired) electrons. The molecule has 0 saturated heterocycles. The Morgan fingerprint density at radius 3 is 2.62 bits per heavy atom. The van der Waals surface area contributed by atoms with E-state index in [0.29, 0.717) is 25.3 Å². The molecule has 0 bridgehead atoms. The summed E-state index contributed by atoms with van der Waals surface area (Å²) in [6.07, 6.45) is 0. The number of hydrogen-bond acceptors (Lipinski definition) is 5. The zero-order chi connectivity index (χ0) is 15.7. The monoisotopic (exact) mass is 294 g/mol. The van der Waals surface area contributed by atoms with Crippen LogP contribution in [-0.4, -0.2) is 57.7 Å². The lowest BCUT2D eigenvalue weighted by Gasteiger charge is -2.17. The molecule has 116 valence electrons. The highest BCUT2D eigenvalue weighted by Gasteiger charge is 2.13. The van der Waals surface area contributed by atoms with Crippen molar-refractivity contribution >= 4 is 11.9 Å². The fraction of sp³-hybridized carbons (Fsp3) is 0.467. The van der Waals surface area contributed by atoms with Gasteiger partial charge in [0.05, 0.1) is 25.8 Å². The quantitative estimate of drug-likeness (QED) is 0.564. The van der Waals surface area contributed by atoms with Gasteiger partial charge in [-0.25, -0.2) is 4.79 Å². The maximum absolute atomic E-state index is 11.7. The highest BCUT2D eigenvalue weighted by atomic mass is 16.5. The summed E-state index contributed by atoms with van der Waals surface area (Å²) in [6.45, 7) is 1.71. The topological polar surface area (TPSA) is 67.9 Å². The van der Waals surface area contributed by atoms with E-state index in [1.54, 1.807) is 19.2 Å². The van der Waals surface area contributed by atoms with Gasteiger partial charge in [-0.3, -0.25) is 9.69 Å². The van der Waals surface area contributed by atoms with Crippen molar-refractivity contribution in [2.75, 3.05) is 41.0 Å². The standard InChI is InChI=1S/C15H22N2O4/c1-17(11-14(18)16-8-9-20-2)10-12-6-4-5-7-13(12)15(19)21-3/h4-7H,8-11H2,1-3H3,(H,16,18). The van der Waals surface area contributed by atoms with Crippen LogP contribution in [0.5, 0.6) is 0 Å². The fourth-order valence-electron chi connectivity index (χ4n) is 1.91. The van der Waals surface area contributed by atoms with Crippen LogP contribution in [0.4, 0.5) is 0 Å². The van der Waals surface area contributed by atoms with Crippen molar-refractivity contribution in [2.45, 2.75) is 6.54 Å². The zero-order valence-electron chi connectivity index (χ0n) is 12.7. The Kier molecular flexibility index (Phi) is 7.42. The van der Waals surface area contributed by atoms with E-state index in [0.717, 1.165) is 5.56 Å². The Balaban J connectivity index is 2.56. The number of rotatable bonds is 8. The largest absolute Gasteiger partial charge is 0.465 e. The number of nitrogens with zero attached hydrogens (tertiary/aromatic N) is 1. The number of esters is 1. The van der Waals surface area contributed by atoms with Gasteiger partial charge in [-0.15, -0.1) is 0 Å². The zero-order valence-corrected chi connectivity index (χ0v) is 12.7. The predicted octanol–water partition coefficient (Wildman–Crippen LogP) is 0.668. The van der Waals surface area contributed by atoms with Gasteiger partial charge >= 0.3 is 5.97 Å². The van der Waals surface area contributed by atoms with Crippen LogP contribution in [0.2, 0.25) is 0 Å². The second kappa shape index (κ2) is 9.10. The van der Waals surface area contributed by atoms with Crippen molar-refractivity contribution in [3.8, 4) is 0 Å². The van der Waals surface area contributed by atoms with E-state index < -0.39 is 0 Å². The first-order valence-electron chi connectivity index (χ1n) is 6.69. The second-order valence-corrected chi connectivity index (χ2v) is 4.66. The maximum Gasteiger partial charge on any atom is 0.338 e. The molecule has 1 N–H and O–H groups in total. The lowest BCUT2D eigenvalue weighted by molar-refractivity contribution is -0.122. The van der Waals surface area contributed by atoms with E-state index in [4.69, 9.17) is 9.47 Å². The van der Waals surface area contributed by atoms with Crippen LogP contribution in [0.15, 0.2) is 24.3 Å². The second-order valence-electron chi connectivity index (χ2n) is 4.66. The number of ether oxygens (including phenoxy) is 2. The lowest BCUT2D eigenvalue weighted by Crippen LogP contribution is -2.36. The molecule has 21 heavy (non-hydrogen) atoms. The van der Waals surface area contributed by atoms with Crippen LogP contribution in [0, 0.1) is 0 Å². The predicted molar refractivity (Wildman–Crippen MR) is 79.0 cm³/mol. The fourth-order valence-corrected chi connectivity index (χ4v) is 1.91. The minimum Gasteiger partial charge on any atom is -0.465 e. The normalized spacial score (nSPS) is 10.5. The smallest absolute Gasteiger partial charge is 0.338 e. The average Bonchev–Trinajstić information content (AvgIpc) is 2.47. The molecular formula is C15H22N2O4. The first-order chi connectivity index (χ1) is 10.1. The average molecular weight is 294 g/mol. The lowest BCUT2D eigenvalue weighted by atomic mass is 10.1. The molecule has 0 atom stereocenters. The summed E-state index contributed by atoms with van der Waals surface area (Å²) < 4.78 is 9.62. The summed E-state index contributed by atoms with van der Waals surface area (Å²) in [5, 5.41) is 2.75. The molecule has 0 aromatic heterocycles. The van der Waals surface area contributed by atoms with Gasteiger partial charge in [0.1, 0.15) is 0 Å². The highest BCUT2D eigenvalue weighted by Crippen LogP contribution is 2.12. The van der Waals surface area contributed by atoms with Gasteiger partial charge in [-0.1, -0.05) is 18.2 Å². The van der Waals surface area contributed by atoms with E-state index in [9.17, 15) is 9.59 Å². The number of carbonyl (C=O) groups is 2. The van der Waals surface area contributed by atoms with Gasteiger partial charge in [0, 0.05) is 20.2 Å². The minimum absolute atomic E-state index is 0.0786. The number of carbonyl (C=O) groups excluding carboxylic acids is 2. The molecule has 1 amide bonds. The molecule has 6 nitrogen and oxygen atoms in total. The Labute approximate surface area is 125 Å². The van der Waals surface area contributed by atoms with Crippen molar-refractivity contribution in [2.24, 2.45) is 0 Å². The van der Waals surface area contributed by atoms with Crippen LogP contribution in [-0.2, 0) is 20.8 Å². The van der Waals surface area contributed by atoms with Gasteiger partial charge in [0.25, 0.3) is 0 Å². The first kappa shape index (κ1) is 17.1. The van der Waals surface area contributed by atoms with Crippen molar-refractivity contribution in [3.63, 3.8) is 0 Å². The number of methoxy groups -OCH3 is 2. The molecule has 0 spiro atoms. The van der Waals surface area contributed by atoms with Gasteiger partial charge in [0.2, 0.25) is 5.91 Å². The number of likely N-dealkylation sites (N-methyl/N-ethyl adjacent to an activating group) is 1. The van der Waals surface area contributed by atoms with Crippen LogP contribution >= 0.6 is 0 Å². The molecule has 0 aliphatic heterocycles. The number of nitrogens with one attached hydrogen (secondary N) is 1. The molecule has 0 aliphatic carbocycles. The summed E-state index contributed by atoms with van der Waals surface area (Å²) >= 11 is 0. The van der Waals surface area contributed by atoms with Gasteiger partial charge < -0.3 is 14.8 Å². The molecule has 0 heterocycles. The highest BCUT2D eigenvalue weighted by molar-refractivity contribution is 5.91.